The summed E-state index contributed by atoms with van der Waals surface area (Å²) in [7, 11) is 0. The highest BCUT2D eigenvalue weighted by Crippen LogP contribution is 2.34. The zero-order valence-electron chi connectivity index (χ0n) is 15.5. The van der Waals surface area contributed by atoms with E-state index in [0.29, 0.717) is 30.9 Å². The van der Waals surface area contributed by atoms with Crippen LogP contribution in [0.3, 0.4) is 0 Å². The summed E-state index contributed by atoms with van der Waals surface area (Å²) in [4.78, 5) is 38.1. The summed E-state index contributed by atoms with van der Waals surface area (Å²) in [6.07, 6.45) is 0.590. The van der Waals surface area contributed by atoms with Crippen molar-refractivity contribution in [3.63, 3.8) is 0 Å². The minimum atomic E-state index is -0.624. The van der Waals surface area contributed by atoms with E-state index in [1.165, 1.54) is 10.1 Å². The fourth-order valence-corrected chi connectivity index (χ4v) is 4.94. The summed E-state index contributed by atoms with van der Waals surface area (Å²) >= 11 is 1.68. The normalized spacial score (nSPS) is 18.8. The molecule has 29 heavy (non-hydrogen) atoms. The Bertz CT molecular complexity index is 1150. The first-order chi connectivity index (χ1) is 14.1. The maximum Gasteiger partial charge on any atom is 0.255 e. The van der Waals surface area contributed by atoms with Crippen LogP contribution in [0.2, 0.25) is 0 Å². The van der Waals surface area contributed by atoms with Crippen molar-refractivity contribution in [3.8, 4) is 5.75 Å². The molecule has 1 aromatic heterocycles. The molecule has 7 heteroatoms. The molecule has 0 spiro atoms. The highest BCUT2D eigenvalue weighted by atomic mass is 32.1. The van der Waals surface area contributed by atoms with E-state index in [0.717, 1.165) is 11.1 Å². The van der Waals surface area contributed by atoms with Gasteiger partial charge in [0.1, 0.15) is 18.4 Å². The van der Waals surface area contributed by atoms with Crippen LogP contribution < -0.4 is 10.1 Å². The van der Waals surface area contributed by atoms with Gasteiger partial charge in [-0.1, -0.05) is 24.3 Å². The molecule has 1 saturated heterocycles. The van der Waals surface area contributed by atoms with Gasteiger partial charge in [-0.15, -0.1) is 11.3 Å². The van der Waals surface area contributed by atoms with Crippen LogP contribution >= 0.6 is 11.3 Å². The van der Waals surface area contributed by atoms with Gasteiger partial charge < -0.3 is 9.64 Å². The number of benzene rings is 2. The van der Waals surface area contributed by atoms with E-state index in [9.17, 15) is 14.4 Å². The van der Waals surface area contributed by atoms with Gasteiger partial charge in [-0.05, 0) is 35.4 Å². The van der Waals surface area contributed by atoms with Gasteiger partial charge in [0.25, 0.3) is 5.91 Å². The van der Waals surface area contributed by atoms with Gasteiger partial charge in [0, 0.05) is 27.8 Å². The molecule has 1 unspecified atom stereocenters. The number of ether oxygens (including phenoxy) is 1. The first kappa shape index (κ1) is 17.9. The monoisotopic (exact) mass is 406 g/mol. The second-order valence-electron chi connectivity index (χ2n) is 7.23. The second kappa shape index (κ2) is 7.00. The molecule has 6 nitrogen and oxygen atoms in total. The van der Waals surface area contributed by atoms with Crippen molar-refractivity contribution in [3.05, 3.63) is 64.5 Å². The minimum absolute atomic E-state index is 0.194. The molecule has 1 atom stereocenters. The average Bonchev–Trinajstić information content (AvgIpc) is 3.28. The van der Waals surface area contributed by atoms with E-state index < -0.39 is 11.9 Å². The number of fused-ring (bicyclic) bond motifs is 2. The fraction of sp³-hybridized carbons (Fsp3) is 0.227. The number of hydrogen-bond acceptors (Lipinski definition) is 5. The second-order valence-corrected chi connectivity index (χ2v) is 8.14. The topological polar surface area (TPSA) is 75.7 Å². The molecule has 2 aromatic carbocycles. The van der Waals surface area contributed by atoms with Crippen molar-refractivity contribution in [2.75, 3.05) is 0 Å². The highest BCUT2D eigenvalue weighted by Gasteiger charge is 2.40. The van der Waals surface area contributed by atoms with Gasteiger partial charge in [-0.2, -0.15) is 0 Å². The summed E-state index contributed by atoms with van der Waals surface area (Å²) in [5.74, 6) is -0.237. The molecule has 3 heterocycles. The van der Waals surface area contributed by atoms with Gasteiger partial charge in [0.15, 0.2) is 0 Å². The predicted molar refractivity (Wildman–Crippen MR) is 109 cm³/mol. The molecule has 2 aliphatic rings. The lowest BCUT2D eigenvalue weighted by atomic mass is 10.0. The number of imide groups is 1. The molecule has 3 aromatic rings. The van der Waals surface area contributed by atoms with Gasteiger partial charge in [-0.3, -0.25) is 19.7 Å². The van der Waals surface area contributed by atoms with Crippen LogP contribution in [0.15, 0.2) is 47.8 Å². The van der Waals surface area contributed by atoms with E-state index in [1.807, 2.05) is 18.2 Å². The molecule has 0 aliphatic carbocycles. The van der Waals surface area contributed by atoms with Crippen molar-refractivity contribution in [1.29, 1.82) is 0 Å². The van der Waals surface area contributed by atoms with E-state index in [2.05, 4.69) is 22.8 Å². The summed E-state index contributed by atoms with van der Waals surface area (Å²) in [6.45, 7) is 0.716. The zero-order chi connectivity index (χ0) is 20.0. The number of carbonyl (C=O) groups is 3. The van der Waals surface area contributed by atoms with Gasteiger partial charge >= 0.3 is 0 Å². The third-order valence-corrected chi connectivity index (χ3v) is 6.50. The Morgan fingerprint density at radius 1 is 1.10 bits per heavy atom. The van der Waals surface area contributed by atoms with Crippen molar-refractivity contribution in [2.45, 2.75) is 32.0 Å². The number of nitrogens with zero attached hydrogens (tertiary/aromatic N) is 1. The summed E-state index contributed by atoms with van der Waals surface area (Å²) in [6, 6.07) is 13.0. The van der Waals surface area contributed by atoms with Crippen LogP contribution in [-0.2, 0) is 22.7 Å². The first-order valence-corrected chi connectivity index (χ1v) is 10.3. The Balaban J connectivity index is 1.38. The Morgan fingerprint density at radius 2 is 1.97 bits per heavy atom. The lowest BCUT2D eigenvalue weighted by Crippen LogP contribution is -2.52. The average molecular weight is 406 g/mol. The molecule has 1 N–H and O–H groups in total. The summed E-state index contributed by atoms with van der Waals surface area (Å²) < 4.78 is 7.31. The van der Waals surface area contributed by atoms with Crippen LogP contribution in [-0.4, -0.2) is 28.7 Å². The number of piperidine rings is 1. The van der Waals surface area contributed by atoms with Crippen molar-refractivity contribution in [2.24, 2.45) is 0 Å². The van der Waals surface area contributed by atoms with Gasteiger partial charge in [0.05, 0.1) is 6.54 Å². The van der Waals surface area contributed by atoms with Crippen LogP contribution in [0.25, 0.3) is 10.1 Å². The maximum atomic E-state index is 12.9. The molecule has 146 valence electrons. The number of carbonyl (C=O) groups excluding carboxylic acids is 3. The predicted octanol–water partition coefficient (Wildman–Crippen LogP) is 3.24. The van der Waals surface area contributed by atoms with Crippen molar-refractivity contribution in [1.82, 2.24) is 10.2 Å². The molecule has 2 aliphatic heterocycles. The van der Waals surface area contributed by atoms with Crippen LogP contribution in [0.4, 0.5) is 0 Å². The Labute approximate surface area is 171 Å². The number of amides is 3. The van der Waals surface area contributed by atoms with Crippen molar-refractivity contribution < 1.29 is 19.1 Å². The molecular weight excluding hydrogens is 388 g/mol. The van der Waals surface area contributed by atoms with Gasteiger partial charge in [-0.25, -0.2) is 0 Å². The molecule has 0 saturated carbocycles. The molecule has 0 bridgehead atoms. The van der Waals surface area contributed by atoms with E-state index >= 15 is 0 Å². The molecule has 5 rings (SSSR count). The lowest BCUT2D eigenvalue weighted by molar-refractivity contribution is -0.136. The van der Waals surface area contributed by atoms with Crippen LogP contribution in [0.5, 0.6) is 5.75 Å². The third-order valence-electron chi connectivity index (χ3n) is 5.48. The first-order valence-electron chi connectivity index (χ1n) is 9.46. The number of thiophene rings is 1. The summed E-state index contributed by atoms with van der Waals surface area (Å²) in [5.41, 5.74) is 2.46. The Morgan fingerprint density at radius 3 is 2.83 bits per heavy atom. The van der Waals surface area contributed by atoms with Crippen molar-refractivity contribution >= 4 is 39.1 Å². The van der Waals surface area contributed by atoms with E-state index in [4.69, 9.17) is 4.74 Å². The quantitative estimate of drug-likeness (QED) is 0.675. The van der Waals surface area contributed by atoms with E-state index in [1.54, 1.807) is 28.4 Å². The fourth-order valence-electron chi connectivity index (χ4n) is 3.99. The molecular formula is C22H18N2O4S. The third kappa shape index (κ3) is 3.07. The number of hydrogen-bond donors (Lipinski definition) is 1. The molecule has 1 fully saturated rings. The molecule has 3 amide bonds. The van der Waals surface area contributed by atoms with Gasteiger partial charge in [0.2, 0.25) is 11.8 Å². The number of nitrogens with one attached hydrogen (secondary N) is 1. The SMILES string of the molecule is O=C1CCC(N2Cc3c(OCc4csc5ccccc45)cccc3C2=O)C(=O)N1. The zero-order valence-corrected chi connectivity index (χ0v) is 16.3. The van der Waals surface area contributed by atoms with E-state index in [-0.39, 0.29) is 18.2 Å². The molecule has 0 radical (unpaired) electrons. The number of rotatable bonds is 4. The Hall–Kier alpha value is -3.19. The standard InChI is InChI=1S/C22H18N2O4S/c25-20-9-8-17(21(26)23-20)24-10-16-15(22(24)27)5-3-6-18(16)28-11-13-12-29-19-7-2-1-4-14(13)19/h1-7,12,17H,8-11H2,(H,23,25,26). The lowest BCUT2D eigenvalue weighted by Gasteiger charge is -2.29. The Kier molecular flexibility index (Phi) is 4.32. The van der Waals surface area contributed by atoms with Crippen LogP contribution in [0.1, 0.15) is 34.3 Å². The smallest absolute Gasteiger partial charge is 0.255 e. The largest absolute Gasteiger partial charge is 0.488 e. The minimum Gasteiger partial charge on any atom is -0.488 e. The maximum absolute atomic E-state index is 12.9. The summed E-state index contributed by atoms with van der Waals surface area (Å²) in [5, 5.41) is 5.59. The highest BCUT2D eigenvalue weighted by molar-refractivity contribution is 7.17. The van der Waals surface area contributed by atoms with Crippen LogP contribution in [0, 0.1) is 0 Å².